The van der Waals surface area contributed by atoms with Gasteiger partial charge in [0.2, 0.25) is 0 Å². The first kappa shape index (κ1) is 8.99. The first-order valence-electron chi connectivity index (χ1n) is 2.24. The summed E-state index contributed by atoms with van der Waals surface area (Å²) in [5, 5.41) is 4.42. The third-order valence-electron chi connectivity index (χ3n) is 0.763. The normalized spacial score (nSPS) is 8.60. The van der Waals surface area contributed by atoms with Crippen molar-refractivity contribution in [3.8, 4) is 0 Å². The van der Waals surface area contributed by atoms with E-state index >= 15 is 0 Å². The predicted octanol–water partition coefficient (Wildman–Crippen LogP) is -0.905. The zero-order valence-electron chi connectivity index (χ0n) is 5.20. The molecule has 0 unspecified atom stereocenters. The number of nitrogens with two attached hydrogens (primary N) is 1. The van der Waals surface area contributed by atoms with Gasteiger partial charge in [0.25, 0.3) is 5.95 Å². The van der Waals surface area contributed by atoms with E-state index in [1.54, 1.807) is 0 Å². The van der Waals surface area contributed by atoms with Gasteiger partial charge in [0.05, 0.1) is 0 Å². The van der Waals surface area contributed by atoms with E-state index in [0.717, 1.165) is 5.01 Å². The number of halogens is 1. The van der Waals surface area contributed by atoms with Gasteiger partial charge in [-0.1, -0.05) is 0 Å². The highest BCUT2D eigenvalue weighted by atomic mass is 35.5. The summed E-state index contributed by atoms with van der Waals surface area (Å²) in [5.41, 5.74) is 0. The Morgan fingerprint density at radius 2 is 2.40 bits per heavy atom. The molecule has 0 atom stereocenters. The van der Waals surface area contributed by atoms with E-state index < -0.39 is 5.76 Å². The molecule has 0 spiro atoms. The van der Waals surface area contributed by atoms with Crippen LogP contribution in [0.25, 0.3) is 0 Å². The Morgan fingerprint density at radius 1 is 1.80 bits per heavy atom. The van der Waals surface area contributed by atoms with E-state index in [2.05, 4.69) is 14.7 Å². The van der Waals surface area contributed by atoms with Crippen molar-refractivity contribution in [2.75, 3.05) is 12.1 Å². The average Bonchev–Trinajstić information content (AvgIpc) is 2.14. The summed E-state index contributed by atoms with van der Waals surface area (Å²) in [4.78, 5) is 12.5. The number of aromatic nitrogens is 2. The van der Waals surface area contributed by atoms with E-state index in [4.69, 9.17) is 5.84 Å². The molecular weight excluding hydrogens is 160 g/mol. The molecule has 0 aliphatic rings. The molecule has 10 heavy (non-hydrogen) atoms. The van der Waals surface area contributed by atoms with Crippen molar-refractivity contribution >= 4 is 18.4 Å². The maximum atomic E-state index is 10.2. The quantitative estimate of drug-likeness (QED) is 0.417. The van der Waals surface area contributed by atoms with Crippen molar-refractivity contribution in [3.63, 3.8) is 0 Å². The van der Waals surface area contributed by atoms with Gasteiger partial charge in [-0.05, 0) is 5.16 Å². The number of nitrogens with one attached hydrogen (secondary N) is 1. The fourth-order valence-corrected chi connectivity index (χ4v) is 0.374. The second-order valence-electron chi connectivity index (χ2n) is 1.53. The smallest absolute Gasteiger partial charge is 0.294 e. The number of hydrogen-bond acceptors (Lipinski definition) is 5. The van der Waals surface area contributed by atoms with Crippen molar-refractivity contribution in [2.45, 2.75) is 0 Å². The lowest BCUT2D eigenvalue weighted by Gasteiger charge is -2.02. The molecule has 1 rings (SSSR count). The molecule has 7 heteroatoms. The minimum atomic E-state index is -0.609. The number of H-pyrrole nitrogens is 1. The van der Waals surface area contributed by atoms with Gasteiger partial charge in [0.15, 0.2) is 0 Å². The lowest BCUT2D eigenvalue weighted by molar-refractivity contribution is 0.386. The second kappa shape index (κ2) is 3.23. The van der Waals surface area contributed by atoms with Gasteiger partial charge in [-0.3, -0.25) is 14.5 Å². The molecule has 6 nitrogen and oxygen atoms in total. The third-order valence-corrected chi connectivity index (χ3v) is 0.763. The molecule has 0 aliphatic heterocycles. The van der Waals surface area contributed by atoms with E-state index in [0.29, 0.717) is 0 Å². The highest BCUT2D eigenvalue weighted by Gasteiger charge is 1.99. The van der Waals surface area contributed by atoms with Crippen molar-refractivity contribution < 1.29 is 4.52 Å². The maximum absolute atomic E-state index is 10.2. The molecule has 1 aromatic rings. The van der Waals surface area contributed by atoms with Crippen LogP contribution in [0.3, 0.4) is 0 Å². The first-order chi connectivity index (χ1) is 4.20. The molecule has 58 valence electrons. The van der Waals surface area contributed by atoms with Gasteiger partial charge in [-0.15, -0.1) is 12.4 Å². The molecule has 0 bridgehead atoms. The molecule has 0 saturated carbocycles. The lowest BCUT2D eigenvalue weighted by Crippen LogP contribution is -2.26. The highest BCUT2D eigenvalue weighted by Crippen LogP contribution is 1.91. The van der Waals surface area contributed by atoms with Crippen LogP contribution in [0.1, 0.15) is 0 Å². The zero-order chi connectivity index (χ0) is 6.85. The average molecular weight is 167 g/mol. The maximum Gasteiger partial charge on any atom is 0.440 e. The van der Waals surface area contributed by atoms with Gasteiger partial charge in [-0.2, -0.15) is 0 Å². The number of nitrogens with zero attached hydrogens (tertiary/aromatic N) is 2. The Balaban J connectivity index is 0.000000810. The van der Waals surface area contributed by atoms with Gasteiger partial charge >= 0.3 is 5.76 Å². The van der Waals surface area contributed by atoms with Crippen LogP contribution < -0.4 is 16.6 Å². The van der Waals surface area contributed by atoms with Gasteiger partial charge < -0.3 is 0 Å². The van der Waals surface area contributed by atoms with Gasteiger partial charge in [-0.25, -0.2) is 10.6 Å². The van der Waals surface area contributed by atoms with Crippen molar-refractivity contribution in [1.29, 1.82) is 0 Å². The highest BCUT2D eigenvalue weighted by molar-refractivity contribution is 5.85. The summed E-state index contributed by atoms with van der Waals surface area (Å²) in [5.74, 6) is 4.77. The standard InChI is InChI=1S/C3H6N4O2.ClH/c1-7(4)2-5-3(8)9-6-2;/h4H2,1H3,(H,5,6,8);1H. The van der Waals surface area contributed by atoms with Crippen molar-refractivity contribution in [2.24, 2.45) is 5.84 Å². The lowest BCUT2D eigenvalue weighted by atomic mass is 11.0. The topological polar surface area (TPSA) is 88.2 Å². The molecule has 0 radical (unpaired) electrons. The summed E-state index contributed by atoms with van der Waals surface area (Å²) in [6.45, 7) is 0. The molecule has 0 saturated heterocycles. The Hall–Kier alpha value is -1.01. The van der Waals surface area contributed by atoms with E-state index in [1.165, 1.54) is 7.05 Å². The van der Waals surface area contributed by atoms with Crippen LogP contribution in [0.2, 0.25) is 0 Å². The Labute approximate surface area is 62.4 Å². The van der Waals surface area contributed by atoms with Crippen LogP contribution in [-0.4, -0.2) is 17.2 Å². The number of hydrazine groups is 1. The molecule has 1 aromatic heterocycles. The number of rotatable bonds is 1. The molecule has 1 heterocycles. The van der Waals surface area contributed by atoms with E-state index in [-0.39, 0.29) is 18.4 Å². The molecular formula is C3H7ClN4O2. The summed E-state index contributed by atoms with van der Waals surface area (Å²) in [7, 11) is 1.54. The number of aromatic amines is 1. The Morgan fingerprint density at radius 3 is 2.60 bits per heavy atom. The molecule has 0 fully saturated rings. The number of hydrogen-bond donors (Lipinski definition) is 2. The third kappa shape index (κ3) is 1.74. The van der Waals surface area contributed by atoms with Crippen molar-refractivity contribution in [3.05, 3.63) is 10.6 Å². The van der Waals surface area contributed by atoms with Gasteiger partial charge in [0.1, 0.15) is 0 Å². The summed E-state index contributed by atoms with van der Waals surface area (Å²) in [6, 6.07) is 0. The second-order valence-corrected chi connectivity index (χ2v) is 1.53. The van der Waals surface area contributed by atoms with E-state index in [9.17, 15) is 4.79 Å². The van der Waals surface area contributed by atoms with Crippen LogP contribution in [0, 0.1) is 0 Å². The number of anilines is 1. The summed E-state index contributed by atoms with van der Waals surface area (Å²) >= 11 is 0. The molecule has 3 N–H and O–H groups in total. The van der Waals surface area contributed by atoms with Crippen LogP contribution in [0.4, 0.5) is 5.95 Å². The van der Waals surface area contributed by atoms with Crippen LogP contribution in [0.15, 0.2) is 9.32 Å². The Bertz CT molecular complexity index is 241. The SMILES string of the molecule is CN(N)c1noc(=O)[nH]1.Cl. The molecule has 0 aliphatic carbocycles. The minimum Gasteiger partial charge on any atom is -0.294 e. The minimum absolute atomic E-state index is 0. The summed E-state index contributed by atoms with van der Waals surface area (Å²) < 4.78 is 4.14. The monoisotopic (exact) mass is 166 g/mol. The van der Waals surface area contributed by atoms with Crippen LogP contribution in [0.5, 0.6) is 0 Å². The summed E-state index contributed by atoms with van der Waals surface area (Å²) in [6.07, 6.45) is 0. The first-order valence-corrected chi connectivity index (χ1v) is 2.24. The van der Waals surface area contributed by atoms with E-state index in [1.807, 2.05) is 0 Å². The van der Waals surface area contributed by atoms with Gasteiger partial charge in [0, 0.05) is 7.05 Å². The molecule has 0 aromatic carbocycles. The predicted molar refractivity (Wildman–Crippen MR) is 37.0 cm³/mol. The fraction of sp³-hybridized carbons (Fsp3) is 0.333. The zero-order valence-corrected chi connectivity index (χ0v) is 6.01. The van der Waals surface area contributed by atoms with Crippen molar-refractivity contribution in [1.82, 2.24) is 10.1 Å². The fourth-order valence-electron chi connectivity index (χ4n) is 0.374. The Kier molecular flexibility index (Phi) is 2.91. The van der Waals surface area contributed by atoms with Crippen LogP contribution in [-0.2, 0) is 0 Å². The van der Waals surface area contributed by atoms with Crippen LogP contribution >= 0.6 is 12.4 Å². The molecule has 0 amide bonds. The largest absolute Gasteiger partial charge is 0.440 e.